The molecule has 0 radical (unpaired) electrons. The summed E-state index contributed by atoms with van der Waals surface area (Å²) in [6.07, 6.45) is 2.24. The number of carbonyl (C=O) groups excluding carboxylic acids is 2. The fraction of sp³-hybridized carbons (Fsp3) is 0.167. The van der Waals surface area contributed by atoms with Crippen LogP contribution in [0, 0.1) is 5.82 Å². The van der Waals surface area contributed by atoms with Crippen LogP contribution in [-0.4, -0.2) is 23.4 Å². The predicted molar refractivity (Wildman–Crippen MR) is 112 cm³/mol. The van der Waals surface area contributed by atoms with E-state index in [9.17, 15) is 19.1 Å². The van der Waals surface area contributed by atoms with E-state index in [4.69, 9.17) is 9.15 Å². The third kappa shape index (κ3) is 3.82. The summed E-state index contributed by atoms with van der Waals surface area (Å²) in [5.41, 5.74) is 0.512. The molecule has 1 N–H and O–H groups in total. The molecule has 1 amide bonds. The van der Waals surface area contributed by atoms with Gasteiger partial charge in [0.05, 0.1) is 18.4 Å². The first kappa shape index (κ1) is 20.4. The normalized spacial score (nSPS) is 17.9. The number of hydrogen-bond acceptors (Lipinski definition) is 5. The number of furan rings is 1. The van der Waals surface area contributed by atoms with Gasteiger partial charge in [-0.2, -0.15) is 0 Å². The second-order valence-electron chi connectivity index (χ2n) is 7.04. The molecule has 3 aromatic rings. The standard InChI is InChI=1S/C24H20FNO5/c1-2-12-30-18-6-3-5-17(14-18)26-21(19-7-4-13-31-19)20(23(28)24(26)29)22(27)15-8-10-16(25)11-9-15/h3-11,13-14,21,27H,2,12H2,1H3/b22-20-. The highest BCUT2D eigenvalue weighted by atomic mass is 19.1. The van der Waals surface area contributed by atoms with E-state index >= 15 is 0 Å². The Morgan fingerprint density at radius 1 is 1.13 bits per heavy atom. The molecule has 1 atom stereocenters. The molecule has 0 bridgehead atoms. The van der Waals surface area contributed by atoms with Crippen LogP contribution >= 0.6 is 0 Å². The van der Waals surface area contributed by atoms with Crippen molar-refractivity contribution in [2.24, 2.45) is 0 Å². The van der Waals surface area contributed by atoms with Crippen LogP contribution in [0.4, 0.5) is 10.1 Å². The van der Waals surface area contributed by atoms with Gasteiger partial charge in [-0.1, -0.05) is 13.0 Å². The molecule has 1 unspecified atom stereocenters. The molecule has 1 saturated heterocycles. The molecule has 0 aliphatic carbocycles. The first-order valence-electron chi connectivity index (χ1n) is 9.84. The molecular weight excluding hydrogens is 401 g/mol. The van der Waals surface area contributed by atoms with Gasteiger partial charge in [0.15, 0.2) is 0 Å². The number of carbonyl (C=O) groups is 2. The van der Waals surface area contributed by atoms with Gasteiger partial charge in [-0.05, 0) is 55.0 Å². The molecule has 31 heavy (non-hydrogen) atoms. The number of nitrogens with zero attached hydrogens (tertiary/aromatic N) is 1. The van der Waals surface area contributed by atoms with Crippen molar-refractivity contribution in [2.75, 3.05) is 11.5 Å². The van der Waals surface area contributed by atoms with Gasteiger partial charge in [0.1, 0.15) is 29.1 Å². The van der Waals surface area contributed by atoms with Gasteiger partial charge in [-0.3, -0.25) is 14.5 Å². The number of ketones is 1. The zero-order valence-corrected chi connectivity index (χ0v) is 16.7. The molecular formula is C24H20FNO5. The summed E-state index contributed by atoms with van der Waals surface area (Å²) in [6, 6.07) is 14.1. The maximum Gasteiger partial charge on any atom is 0.300 e. The lowest BCUT2D eigenvalue weighted by Gasteiger charge is -2.23. The van der Waals surface area contributed by atoms with Crippen LogP contribution < -0.4 is 9.64 Å². The van der Waals surface area contributed by atoms with Crippen LogP contribution in [-0.2, 0) is 9.59 Å². The summed E-state index contributed by atoms with van der Waals surface area (Å²) >= 11 is 0. The molecule has 4 rings (SSSR count). The maximum atomic E-state index is 13.3. The molecule has 1 fully saturated rings. The van der Waals surface area contributed by atoms with Gasteiger partial charge < -0.3 is 14.3 Å². The maximum absolute atomic E-state index is 13.3. The molecule has 6 nitrogen and oxygen atoms in total. The highest BCUT2D eigenvalue weighted by Gasteiger charge is 2.48. The van der Waals surface area contributed by atoms with Crippen molar-refractivity contribution in [1.29, 1.82) is 0 Å². The lowest BCUT2D eigenvalue weighted by Crippen LogP contribution is -2.29. The molecule has 0 spiro atoms. The quantitative estimate of drug-likeness (QED) is 0.350. The Morgan fingerprint density at radius 3 is 2.58 bits per heavy atom. The van der Waals surface area contributed by atoms with E-state index in [2.05, 4.69) is 0 Å². The monoisotopic (exact) mass is 421 g/mol. The Hall–Kier alpha value is -3.87. The number of halogens is 1. The molecule has 1 aliphatic heterocycles. The number of aliphatic hydroxyl groups is 1. The van der Waals surface area contributed by atoms with Crippen LogP contribution in [0.15, 0.2) is 76.9 Å². The van der Waals surface area contributed by atoms with Crippen molar-refractivity contribution in [2.45, 2.75) is 19.4 Å². The topological polar surface area (TPSA) is 80.0 Å². The zero-order chi connectivity index (χ0) is 22.0. The van der Waals surface area contributed by atoms with Gasteiger partial charge in [0, 0.05) is 17.3 Å². The van der Waals surface area contributed by atoms with Crippen molar-refractivity contribution >= 4 is 23.1 Å². The number of anilines is 1. The molecule has 1 aliphatic rings. The first-order chi connectivity index (χ1) is 15.0. The van der Waals surface area contributed by atoms with Crippen molar-refractivity contribution < 1.29 is 28.2 Å². The van der Waals surface area contributed by atoms with Crippen molar-refractivity contribution in [3.05, 3.63) is 89.6 Å². The average molecular weight is 421 g/mol. The van der Waals surface area contributed by atoms with E-state index in [1.54, 1.807) is 36.4 Å². The number of amides is 1. The Balaban J connectivity index is 1.85. The Labute approximate surface area is 178 Å². The van der Waals surface area contributed by atoms with Gasteiger partial charge in [0.25, 0.3) is 11.7 Å². The van der Waals surface area contributed by atoms with Gasteiger partial charge in [0.2, 0.25) is 0 Å². The summed E-state index contributed by atoms with van der Waals surface area (Å²) in [6.45, 7) is 2.49. The SMILES string of the molecule is CCCOc1cccc(N2C(=O)C(=O)/C(=C(\O)c3ccc(F)cc3)C2c2ccco2)c1. The molecule has 1 aromatic heterocycles. The minimum atomic E-state index is -0.985. The number of rotatable bonds is 6. The third-order valence-corrected chi connectivity index (χ3v) is 4.94. The number of hydrogen-bond donors (Lipinski definition) is 1. The second-order valence-corrected chi connectivity index (χ2v) is 7.04. The highest BCUT2D eigenvalue weighted by molar-refractivity contribution is 6.51. The summed E-state index contributed by atoms with van der Waals surface area (Å²) in [5, 5.41) is 10.9. The molecule has 2 heterocycles. The predicted octanol–water partition coefficient (Wildman–Crippen LogP) is 4.83. The van der Waals surface area contributed by atoms with E-state index in [1.165, 1.54) is 35.4 Å². The third-order valence-electron chi connectivity index (χ3n) is 4.94. The van der Waals surface area contributed by atoms with Crippen molar-refractivity contribution in [3.63, 3.8) is 0 Å². The van der Waals surface area contributed by atoms with Gasteiger partial charge in [-0.15, -0.1) is 0 Å². The lowest BCUT2D eigenvalue weighted by atomic mass is 9.99. The summed E-state index contributed by atoms with van der Waals surface area (Å²) in [7, 11) is 0. The van der Waals surface area contributed by atoms with Crippen molar-refractivity contribution in [3.8, 4) is 5.75 Å². The summed E-state index contributed by atoms with van der Waals surface area (Å²) in [5.74, 6) is -1.69. The second kappa shape index (κ2) is 8.47. The van der Waals surface area contributed by atoms with E-state index in [-0.39, 0.29) is 11.1 Å². The summed E-state index contributed by atoms with van der Waals surface area (Å²) in [4.78, 5) is 27.3. The largest absolute Gasteiger partial charge is 0.507 e. The van der Waals surface area contributed by atoms with Crippen LogP contribution in [0.2, 0.25) is 0 Å². The summed E-state index contributed by atoms with van der Waals surface area (Å²) < 4.78 is 24.5. The molecule has 7 heteroatoms. The van der Waals surface area contributed by atoms with Crippen LogP contribution in [0.1, 0.15) is 30.7 Å². The Kier molecular flexibility index (Phi) is 5.58. The number of aliphatic hydroxyl groups excluding tert-OH is 1. The van der Waals surface area contributed by atoms with Crippen molar-refractivity contribution in [1.82, 2.24) is 0 Å². The Morgan fingerprint density at radius 2 is 1.90 bits per heavy atom. The van der Waals surface area contributed by atoms with Crippen LogP contribution in [0.25, 0.3) is 5.76 Å². The minimum absolute atomic E-state index is 0.133. The van der Waals surface area contributed by atoms with Gasteiger partial charge >= 0.3 is 0 Å². The first-order valence-corrected chi connectivity index (χ1v) is 9.84. The van der Waals surface area contributed by atoms with E-state index in [0.717, 1.165) is 6.42 Å². The van der Waals surface area contributed by atoms with E-state index in [1.807, 2.05) is 6.92 Å². The number of ether oxygens (including phenoxy) is 1. The fourth-order valence-electron chi connectivity index (χ4n) is 3.52. The van der Waals surface area contributed by atoms with E-state index < -0.39 is 29.3 Å². The molecule has 0 saturated carbocycles. The Bertz CT molecular complexity index is 1140. The molecule has 2 aromatic carbocycles. The highest BCUT2D eigenvalue weighted by Crippen LogP contribution is 2.42. The average Bonchev–Trinajstić information content (AvgIpc) is 3.39. The fourth-order valence-corrected chi connectivity index (χ4v) is 3.52. The number of benzene rings is 2. The minimum Gasteiger partial charge on any atom is -0.507 e. The van der Waals surface area contributed by atoms with Crippen LogP contribution in [0.3, 0.4) is 0 Å². The smallest absolute Gasteiger partial charge is 0.300 e. The lowest BCUT2D eigenvalue weighted by molar-refractivity contribution is -0.132. The van der Waals surface area contributed by atoms with Gasteiger partial charge in [-0.25, -0.2) is 4.39 Å². The zero-order valence-electron chi connectivity index (χ0n) is 16.7. The van der Waals surface area contributed by atoms with Crippen LogP contribution in [0.5, 0.6) is 5.75 Å². The molecule has 158 valence electrons. The van der Waals surface area contributed by atoms with E-state index in [0.29, 0.717) is 23.8 Å². The number of Topliss-reactive ketones (excluding diaryl/α,β-unsaturated/α-hetero) is 1.